The Morgan fingerprint density at radius 1 is 1.00 bits per heavy atom. The average molecular weight is 659 g/mol. The molecule has 1 fully saturated rings. The predicted octanol–water partition coefficient (Wildman–Crippen LogP) is 3.90. The molecule has 9 nitrogen and oxygen atoms in total. The van der Waals surface area contributed by atoms with Gasteiger partial charge in [-0.1, -0.05) is 91.0 Å². The van der Waals surface area contributed by atoms with E-state index in [1.807, 2.05) is 60.7 Å². The second-order valence-electron chi connectivity index (χ2n) is 11.0. The van der Waals surface area contributed by atoms with Crippen molar-refractivity contribution in [2.75, 3.05) is 13.7 Å². The van der Waals surface area contributed by atoms with Crippen molar-refractivity contribution in [3.63, 3.8) is 0 Å². The van der Waals surface area contributed by atoms with Gasteiger partial charge in [0.15, 0.2) is 6.04 Å². The number of aliphatic imine (C=N–C) groups is 3. The van der Waals surface area contributed by atoms with Gasteiger partial charge in [0.05, 0.1) is 18.5 Å². The molecule has 46 heavy (non-hydrogen) atoms. The molecule has 2 aliphatic rings. The Morgan fingerprint density at radius 2 is 1.70 bits per heavy atom. The molecule has 6 rings (SSSR count). The Hall–Kier alpha value is -4.79. The topological polar surface area (TPSA) is 133 Å². The Bertz CT molecular complexity index is 1780. The van der Waals surface area contributed by atoms with Crippen LogP contribution in [0, 0.1) is 0 Å². The van der Waals surface area contributed by atoms with Crippen LogP contribution in [0.4, 0.5) is 5.69 Å². The SMILES string of the molecule is COc1cccc2c1C([O-])=NC2C(N=C(c1ccccc1)c1ccccc1N=C([O-])C1CCCN1Cc1ccccc1)C(=O)O.[Ni+2]. The number of rotatable bonds is 10. The fourth-order valence-corrected chi connectivity index (χ4v) is 6.07. The number of para-hydroxylation sites is 1. The van der Waals surface area contributed by atoms with Crippen LogP contribution in [0.25, 0.3) is 0 Å². The van der Waals surface area contributed by atoms with Gasteiger partial charge in [-0.05, 0) is 54.4 Å². The van der Waals surface area contributed by atoms with E-state index in [1.165, 1.54) is 7.11 Å². The second-order valence-corrected chi connectivity index (χ2v) is 11.0. The van der Waals surface area contributed by atoms with Gasteiger partial charge in [0.2, 0.25) is 0 Å². The number of likely N-dealkylation sites (tertiary alicyclic amines) is 1. The fourth-order valence-electron chi connectivity index (χ4n) is 6.07. The van der Waals surface area contributed by atoms with E-state index in [4.69, 9.17) is 9.73 Å². The molecule has 0 spiro atoms. The van der Waals surface area contributed by atoms with Gasteiger partial charge in [-0.3, -0.25) is 19.9 Å². The molecule has 1 saturated heterocycles. The zero-order chi connectivity index (χ0) is 31.3. The van der Waals surface area contributed by atoms with Gasteiger partial charge in [0, 0.05) is 29.3 Å². The number of fused-ring (bicyclic) bond motifs is 1. The van der Waals surface area contributed by atoms with Crippen LogP contribution in [-0.4, -0.2) is 59.2 Å². The maximum Gasteiger partial charge on any atom is 2.00 e. The summed E-state index contributed by atoms with van der Waals surface area (Å²) in [5.41, 5.74) is 3.68. The van der Waals surface area contributed by atoms with Crippen molar-refractivity contribution in [3.8, 4) is 5.75 Å². The van der Waals surface area contributed by atoms with E-state index in [9.17, 15) is 20.1 Å². The summed E-state index contributed by atoms with van der Waals surface area (Å²) in [6, 6.07) is 28.5. The average Bonchev–Trinajstić information content (AvgIpc) is 3.67. The molecule has 2 heterocycles. The summed E-state index contributed by atoms with van der Waals surface area (Å²) in [5.74, 6) is -1.71. The van der Waals surface area contributed by atoms with Crippen molar-refractivity contribution in [1.29, 1.82) is 0 Å². The summed E-state index contributed by atoms with van der Waals surface area (Å²) in [4.78, 5) is 28.5. The van der Waals surface area contributed by atoms with Crippen LogP contribution >= 0.6 is 0 Å². The summed E-state index contributed by atoms with van der Waals surface area (Å²) in [7, 11) is 1.45. The Labute approximate surface area is 277 Å². The first kappa shape index (κ1) is 32.6. The maximum absolute atomic E-state index is 13.7. The minimum Gasteiger partial charge on any atom is -0.861 e. The summed E-state index contributed by atoms with van der Waals surface area (Å²) in [6.45, 7) is 1.46. The van der Waals surface area contributed by atoms with Crippen LogP contribution in [-0.2, 0) is 27.8 Å². The fraction of sp³-hybridized carbons (Fsp3) is 0.222. The van der Waals surface area contributed by atoms with Crippen LogP contribution < -0.4 is 14.9 Å². The smallest absolute Gasteiger partial charge is 0.861 e. The van der Waals surface area contributed by atoms with E-state index in [2.05, 4.69) is 14.9 Å². The minimum atomic E-state index is -1.43. The number of methoxy groups -OCH3 is 1. The van der Waals surface area contributed by atoms with Gasteiger partial charge in [-0.25, -0.2) is 4.79 Å². The molecule has 4 aromatic rings. The van der Waals surface area contributed by atoms with Gasteiger partial charge in [0.25, 0.3) is 0 Å². The number of aliphatic carboxylic acids is 1. The number of benzene rings is 4. The van der Waals surface area contributed by atoms with Crippen LogP contribution in [0.5, 0.6) is 5.75 Å². The molecule has 3 unspecified atom stereocenters. The summed E-state index contributed by atoms with van der Waals surface area (Å²) in [6.07, 6.45) is 1.60. The Balaban J connectivity index is 0.00000417. The standard InChI is InChI=1S/C36H34N4O5.Ni/c1-45-29-20-10-17-26-30(29)35(42)39-32(26)33(36(43)44)38-31(24-14-6-3-7-15-24)25-16-8-9-18-27(25)37-34(41)28-19-11-21-40(28)22-23-12-4-2-5-13-23;/h2-10,12-18,20,28,32-33H,11,19,21-22H2,1H3,(H,37,41)(H,39,42)(H,43,44);/q;+2/p-2. The van der Waals surface area contributed by atoms with E-state index < -0.39 is 24.0 Å². The zero-order valence-electron chi connectivity index (χ0n) is 25.1. The third-order valence-electron chi connectivity index (χ3n) is 8.20. The number of nitrogens with zero attached hydrogens (tertiary/aromatic N) is 4. The first-order valence-corrected chi connectivity index (χ1v) is 14.9. The van der Waals surface area contributed by atoms with Crippen molar-refractivity contribution >= 4 is 29.2 Å². The van der Waals surface area contributed by atoms with Crippen molar-refractivity contribution in [3.05, 3.63) is 131 Å². The first-order chi connectivity index (χ1) is 21.9. The molecule has 0 saturated carbocycles. The van der Waals surface area contributed by atoms with E-state index in [-0.39, 0.29) is 34.0 Å². The molecule has 3 atom stereocenters. The molecular formula is C36H32N4NiO5. The quantitative estimate of drug-likeness (QED) is 0.156. The number of carboxylic acids is 1. The van der Waals surface area contributed by atoms with E-state index in [0.717, 1.165) is 18.5 Å². The summed E-state index contributed by atoms with van der Waals surface area (Å²) in [5, 5.41) is 37.0. The monoisotopic (exact) mass is 658 g/mol. The molecule has 236 valence electrons. The van der Waals surface area contributed by atoms with Crippen LogP contribution in [0.1, 0.15) is 46.7 Å². The Kier molecular flexibility index (Phi) is 10.3. The van der Waals surface area contributed by atoms with Crippen molar-refractivity contribution in [1.82, 2.24) is 4.90 Å². The largest absolute Gasteiger partial charge is 2.00 e. The zero-order valence-corrected chi connectivity index (χ0v) is 26.0. The minimum absolute atomic E-state index is 0. The van der Waals surface area contributed by atoms with E-state index >= 15 is 0 Å². The molecule has 0 bridgehead atoms. The van der Waals surface area contributed by atoms with Gasteiger partial charge in [-0.15, -0.1) is 0 Å². The van der Waals surface area contributed by atoms with Gasteiger partial charge < -0.3 is 20.1 Å². The van der Waals surface area contributed by atoms with Crippen molar-refractivity contribution < 1.29 is 41.3 Å². The second kappa shape index (κ2) is 14.5. The first-order valence-electron chi connectivity index (χ1n) is 14.9. The molecular weight excluding hydrogens is 627 g/mol. The summed E-state index contributed by atoms with van der Waals surface area (Å²) >= 11 is 0. The van der Waals surface area contributed by atoms with Crippen LogP contribution in [0.3, 0.4) is 0 Å². The number of hydrogen-bond donors (Lipinski definition) is 1. The van der Waals surface area contributed by atoms with Crippen LogP contribution in [0.15, 0.2) is 118 Å². The molecule has 0 aliphatic carbocycles. The van der Waals surface area contributed by atoms with Gasteiger partial charge >= 0.3 is 22.5 Å². The maximum atomic E-state index is 13.7. The normalized spacial score (nSPS) is 18.8. The van der Waals surface area contributed by atoms with Crippen LogP contribution in [0.2, 0.25) is 0 Å². The number of ether oxygens (including phenoxy) is 1. The summed E-state index contributed by atoms with van der Waals surface area (Å²) < 4.78 is 5.36. The van der Waals surface area contributed by atoms with Crippen molar-refractivity contribution in [2.45, 2.75) is 37.5 Å². The molecule has 2 aliphatic heterocycles. The third kappa shape index (κ3) is 6.73. The van der Waals surface area contributed by atoms with Crippen molar-refractivity contribution in [2.24, 2.45) is 15.0 Å². The molecule has 0 aromatic heterocycles. The number of hydrogen-bond acceptors (Lipinski definition) is 8. The van der Waals surface area contributed by atoms with E-state index in [0.29, 0.717) is 46.8 Å². The van der Waals surface area contributed by atoms with Gasteiger partial charge in [0.1, 0.15) is 11.8 Å². The van der Waals surface area contributed by atoms with Gasteiger partial charge in [-0.2, -0.15) is 0 Å². The molecule has 0 amide bonds. The molecule has 0 radical (unpaired) electrons. The number of carboxylic acid groups (broad SMARTS) is 1. The predicted molar refractivity (Wildman–Crippen MR) is 169 cm³/mol. The number of carbonyl (C=O) groups is 1. The van der Waals surface area contributed by atoms with E-state index in [1.54, 1.807) is 42.5 Å². The molecule has 4 aromatic carbocycles. The third-order valence-corrected chi connectivity index (χ3v) is 8.20. The Morgan fingerprint density at radius 3 is 2.41 bits per heavy atom. The molecule has 1 N–H and O–H groups in total. The molecule has 10 heteroatoms.